The van der Waals surface area contributed by atoms with Crippen molar-refractivity contribution < 1.29 is 19.8 Å². The van der Waals surface area contributed by atoms with E-state index in [0.29, 0.717) is 12.8 Å². The molecule has 0 bridgehead atoms. The normalized spacial score (nSPS) is 25.6. The van der Waals surface area contributed by atoms with Crippen molar-refractivity contribution in [3.05, 3.63) is 23.8 Å². The number of allylic oxidation sites excluding steroid dienone is 2. The lowest BCUT2D eigenvalue weighted by Crippen LogP contribution is -2.29. The first kappa shape index (κ1) is 13.8. The van der Waals surface area contributed by atoms with Gasteiger partial charge in [0, 0.05) is 13.0 Å². The van der Waals surface area contributed by atoms with Gasteiger partial charge in [0.05, 0.1) is 24.8 Å². The van der Waals surface area contributed by atoms with Crippen LogP contribution in [0.15, 0.2) is 29.0 Å². The van der Waals surface area contributed by atoms with Gasteiger partial charge in [0.25, 0.3) is 0 Å². The quantitative estimate of drug-likeness (QED) is 0.647. The van der Waals surface area contributed by atoms with E-state index in [1.54, 1.807) is 6.08 Å². The second-order valence-corrected chi connectivity index (χ2v) is 4.57. The maximum Gasteiger partial charge on any atom is 0.223 e. The standard InChI is InChI=1S/C13H18N2O4/c16-6-5-14-13(18)8-11-7-12(15-19-11)9-1-3-10(17)4-2-9/h1-3,10-11,16-17H,4-8H2,(H,14,18). The molecule has 2 aliphatic rings. The highest BCUT2D eigenvalue weighted by molar-refractivity contribution is 6.03. The highest BCUT2D eigenvalue weighted by Gasteiger charge is 2.25. The first-order chi connectivity index (χ1) is 9.19. The van der Waals surface area contributed by atoms with Crippen LogP contribution in [0.1, 0.15) is 19.3 Å². The Morgan fingerprint density at radius 2 is 2.42 bits per heavy atom. The lowest BCUT2D eigenvalue weighted by Gasteiger charge is -2.10. The van der Waals surface area contributed by atoms with Crippen LogP contribution in [0.5, 0.6) is 0 Å². The fourth-order valence-corrected chi connectivity index (χ4v) is 2.01. The molecule has 1 aliphatic heterocycles. The van der Waals surface area contributed by atoms with Gasteiger partial charge in [-0.15, -0.1) is 0 Å². The Bertz CT molecular complexity index is 428. The van der Waals surface area contributed by atoms with Crippen molar-refractivity contribution in [2.75, 3.05) is 13.2 Å². The molecule has 0 aromatic heterocycles. The SMILES string of the molecule is O=C(CC1CC(C2=CCC(O)C=C2)=NO1)NCCO. The van der Waals surface area contributed by atoms with E-state index in [1.165, 1.54) is 0 Å². The third-order valence-electron chi connectivity index (χ3n) is 2.99. The van der Waals surface area contributed by atoms with Crippen molar-refractivity contribution in [3.63, 3.8) is 0 Å². The Hall–Kier alpha value is -1.66. The average molecular weight is 266 g/mol. The molecule has 1 heterocycles. The molecule has 3 N–H and O–H groups in total. The number of nitrogens with one attached hydrogen (secondary N) is 1. The summed E-state index contributed by atoms with van der Waals surface area (Å²) in [4.78, 5) is 16.7. The van der Waals surface area contributed by atoms with E-state index >= 15 is 0 Å². The van der Waals surface area contributed by atoms with Crippen LogP contribution < -0.4 is 5.32 Å². The number of carbonyl (C=O) groups is 1. The number of hydrogen-bond acceptors (Lipinski definition) is 5. The molecule has 2 rings (SSSR count). The molecule has 2 atom stereocenters. The zero-order chi connectivity index (χ0) is 13.7. The number of oxime groups is 1. The predicted octanol–water partition coefficient (Wildman–Crippen LogP) is -0.123. The summed E-state index contributed by atoms with van der Waals surface area (Å²) < 4.78 is 0. The third kappa shape index (κ3) is 3.90. The molecule has 6 heteroatoms. The van der Waals surface area contributed by atoms with Crippen LogP contribution in [0, 0.1) is 0 Å². The van der Waals surface area contributed by atoms with E-state index in [9.17, 15) is 9.90 Å². The fourth-order valence-electron chi connectivity index (χ4n) is 2.01. The van der Waals surface area contributed by atoms with Crippen LogP contribution in [0.3, 0.4) is 0 Å². The molecule has 19 heavy (non-hydrogen) atoms. The molecule has 2 unspecified atom stereocenters. The van der Waals surface area contributed by atoms with Crippen molar-refractivity contribution in [1.29, 1.82) is 0 Å². The van der Waals surface area contributed by atoms with Gasteiger partial charge in [-0.25, -0.2) is 0 Å². The van der Waals surface area contributed by atoms with Gasteiger partial charge in [0.15, 0.2) is 0 Å². The Morgan fingerprint density at radius 3 is 3.11 bits per heavy atom. The molecule has 0 radical (unpaired) electrons. The number of hydrogen-bond donors (Lipinski definition) is 3. The summed E-state index contributed by atoms with van der Waals surface area (Å²) in [7, 11) is 0. The van der Waals surface area contributed by atoms with Crippen molar-refractivity contribution in [2.45, 2.75) is 31.5 Å². The van der Waals surface area contributed by atoms with Crippen molar-refractivity contribution in [1.82, 2.24) is 5.32 Å². The first-order valence-corrected chi connectivity index (χ1v) is 6.36. The summed E-state index contributed by atoms with van der Waals surface area (Å²) >= 11 is 0. The summed E-state index contributed by atoms with van der Waals surface area (Å²) in [6.45, 7) is 0.185. The van der Waals surface area contributed by atoms with E-state index in [2.05, 4.69) is 10.5 Å². The lowest BCUT2D eigenvalue weighted by atomic mass is 9.97. The minimum absolute atomic E-state index is 0.0704. The van der Waals surface area contributed by atoms with Crippen molar-refractivity contribution in [2.24, 2.45) is 5.16 Å². The average Bonchev–Trinajstić information content (AvgIpc) is 2.85. The topological polar surface area (TPSA) is 91.2 Å². The zero-order valence-corrected chi connectivity index (χ0v) is 10.6. The highest BCUT2D eigenvalue weighted by Crippen LogP contribution is 2.22. The molecular weight excluding hydrogens is 248 g/mol. The van der Waals surface area contributed by atoms with Gasteiger partial charge in [0.1, 0.15) is 6.10 Å². The van der Waals surface area contributed by atoms with Crippen LogP contribution in [-0.4, -0.2) is 47.2 Å². The Morgan fingerprint density at radius 1 is 1.58 bits per heavy atom. The first-order valence-electron chi connectivity index (χ1n) is 6.36. The molecule has 0 saturated carbocycles. The van der Waals surface area contributed by atoms with Crippen LogP contribution in [0.25, 0.3) is 0 Å². The molecule has 0 fully saturated rings. The highest BCUT2D eigenvalue weighted by atomic mass is 16.6. The third-order valence-corrected chi connectivity index (χ3v) is 2.99. The molecular formula is C13H18N2O4. The largest absolute Gasteiger partial charge is 0.395 e. The Kier molecular flexibility index (Phi) is 4.70. The van der Waals surface area contributed by atoms with Gasteiger partial charge in [-0.3, -0.25) is 4.79 Å². The van der Waals surface area contributed by atoms with Gasteiger partial charge < -0.3 is 20.4 Å². The summed E-state index contributed by atoms with van der Waals surface area (Å²) in [6, 6.07) is 0. The Balaban J connectivity index is 1.80. The molecule has 0 saturated heterocycles. The van der Waals surface area contributed by atoms with Crippen LogP contribution in [-0.2, 0) is 9.63 Å². The molecule has 0 spiro atoms. The minimum Gasteiger partial charge on any atom is -0.395 e. The van der Waals surface area contributed by atoms with Crippen LogP contribution in [0.4, 0.5) is 0 Å². The maximum atomic E-state index is 11.5. The summed E-state index contributed by atoms with van der Waals surface area (Å²) in [6.07, 6.45) is 6.17. The molecule has 1 amide bonds. The van der Waals surface area contributed by atoms with E-state index in [-0.39, 0.29) is 31.6 Å². The van der Waals surface area contributed by atoms with Gasteiger partial charge in [-0.1, -0.05) is 23.4 Å². The molecule has 0 aromatic rings. The fraction of sp³-hybridized carbons (Fsp3) is 0.538. The molecule has 6 nitrogen and oxygen atoms in total. The van der Waals surface area contributed by atoms with Crippen LogP contribution >= 0.6 is 0 Å². The minimum atomic E-state index is -0.424. The summed E-state index contributed by atoms with van der Waals surface area (Å²) in [5, 5.41) is 24.5. The second kappa shape index (κ2) is 6.49. The van der Waals surface area contributed by atoms with E-state index in [4.69, 9.17) is 9.94 Å². The molecule has 1 aliphatic carbocycles. The lowest BCUT2D eigenvalue weighted by molar-refractivity contribution is -0.123. The van der Waals surface area contributed by atoms with E-state index in [1.807, 2.05) is 12.2 Å². The molecule has 104 valence electrons. The molecule has 0 aromatic carbocycles. The van der Waals surface area contributed by atoms with Gasteiger partial charge in [-0.05, 0) is 12.0 Å². The smallest absolute Gasteiger partial charge is 0.223 e. The zero-order valence-electron chi connectivity index (χ0n) is 10.6. The number of aliphatic hydroxyl groups excluding tert-OH is 2. The second-order valence-electron chi connectivity index (χ2n) is 4.57. The predicted molar refractivity (Wildman–Crippen MR) is 69.5 cm³/mol. The van der Waals surface area contributed by atoms with Gasteiger partial charge in [-0.2, -0.15) is 0 Å². The van der Waals surface area contributed by atoms with Crippen molar-refractivity contribution >= 4 is 11.6 Å². The van der Waals surface area contributed by atoms with Crippen molar-refractivity contribution in [3.8, 4) is 0 Å². The van der Waals surface area contributed by atoms with E-state index in [0.717, 1.165) is 11.3 Å². The number of nitrogens with zero attached hydrogens (tertiary/aromatic N) is 1. The summed E-state index contributed by atoms with van der Waals surface area (Å²) in [5.74, 6) is -0.154. The van der Waals surface area contributed by atoms with Gasteiger partial charge >= 0.3 is 0 Å². The summed E-state index contributed by atoms with van der Waals surface area (Å²) in [5.41, 5.74) is 1.76. The maximum absolute atomic E-state index is 11.5. The van der Waals surface area contributed by atoms with E-state index < -0.39 is 6.10 Å². The number of aliphatic hydroxyl groups is 2. The van der Waals surface area contributed by atoms with Gasteiger partial charge in [0.2, 0.25) is 5.91 Å². The number of rotatable bonds is 5. The van der Waals surface area contributed by atoms with Crippen LogP contribution in [0.2, 0.25) is 0 Å². The number of carbonyl (C=O) groups excluding carboxylic acids is 1. The number of amides is 1. The monoisotopic (exact) mass is 266 g/mol. The Labute approximate surface area is 111 Å².